The first-order chi connectivity index (χ1) is 7.18. The van der Waals surface area contributed by atoms with E-state index >= 15 is 0 Å². The molecule has 1 aliphatic carbocycles. The predicted molar refractivity (Wildman–Crippen MR) is 56.4 cm³/mol. The number of hydrogen-bond acceptors (Lipinski definition) is 0. The van der Waals surface area contributed by atoms with Crippen LogP contribution in [-0.2, 0) is 0 Å². The second-order valence-corrected chi connectivity index (χ2v) is 4.36. The Bertz CT molecular complexity index is 338. The molecule has 1 fully saturated rings. The molecule has 0 aromatic heterocycles. The van der Waals surface area contributed by atoms with Gasteiger partial charge in [-0.15, -0.1) is 0 Å². The third-order valence-corrected chi connectivity index (χ3v) is 3.27. The largest absolute Gasteiger partial charge is 0.204 e. The summed E-state index contributed by atoms with van der Waals surface area (Å²) in [6.45, 7) is 4.00. The number of benzene rings is 1. The van der Waals surface area contributed by atoms with Gasteiger partial charge >= 0.3 is 0 Å². The van der Waals surface area contributed by atoms with E-state index in [1.165, 1.54) is 6.07 Å². The van der Waals surface area contributed by atoms with Gasteiger partial charge in [0.05, 0.1) is 0 Å². The molecule has 0 amide bonds. The lowest BCUT2D eigenvalue weighted by molar-refractivity contribution is 0.362. The zero-order valence-corrected chi connectivity index (χ0v) is 8.68. The first kappa shape index (κ1) is 10.6. The van der Waals surface area contributed by atoms with Gasteiger partial charge in [-0.2, -0.15) is 0 Å². The van der Waals surface area contributed by atoms with Crippen molar-refractivity contribution in [2.45, 2.75) is 31.6 Å². The summed E-state index contributed by atoms with van der Waals surface area (Å²) in [7, 11) is 0. The van der Waals surface area contributed by atoms with Crippen LogP contribution in [0.3, 0.4) is 0 Å². The van der Waals surface area contributed by atoms with Gasteiger partial charge in [-0.05, 0) is 49.1 Å². The highest BCUT2D eigenvalue weighted by Crippen LogP contribution is 2.36. The van der Waals surface area contributed by atoms with Gasteiger partial charge in [-0.1, -0.05) is 19.1 Å². The van der Waals surface area contributed by atoms with Crippen molar-refractivity contribution in [3.8, 4) is 0 Å². The fourth-order valence-corrected chi connectivity index (χ4v) is 2.31. The Labute approximate surface area is 89.3 Å². The van der Waals surface area contributed by atoms with Crippen LogP contribution in [0.1, 0.15) is 37.2 Å². The van der Waals surface area contributed by atoms with Gasteiger partial charge in [0.25, 0.3) is 0 Å². The second kappa shape index (κ2) is 4.30. The Kier molecular flexibility index (Phi) is 3.03. The Balaban J connectivity index is 2.19. The Morgan fingerprint density at radius 2 is 1.73 bits per heavy atom. The molecule has 0 unspecified atom stereocenters. The Morgan fingerprint density at radius 3 is 2.40 bits per heavy atom. The van der Waals surface area contributed by atoms with E-state index in [1.807, 2.05) is 0 Å². The summed E-state index contributed by atoms with van der Waals surface area (Å²) in [5.41, 5.74) is 0.543. The molecule has 0 spiro atoms. The van der Waals surface area contributed by atoms with Gasteiger partial charge in [0.1, 0.15) is 0 Å². The first-order valence-electron chi connectivity index (χ1n) is 5.45. The molecular weight excluding hydrogens is 194 g/mol. The molecule has 2 rings (SSSR count). The SMILES string of the molecule is [CH2]C1CCC(c2cccc(F)c2F)CC1. The molecule has 0 aliphatic heterocycles. The maximum atomic E-state index is 13.5. The highest BCUT2D eigenvalue weighted by molar-refractivity contribution is 5.23. The summed E-state index contributed by atoms with van der Waals surface area (Å²) in [6.07, 6.45) is 3.88. The fraction of sp³-hybridized carbons (Fsp3) is 0.462. The van der Waals surface area contributed by atoms with Crippen molar-refractivity contribution in [3.05, 3.63) is 42.3 Å². The summed E-state index contributed by atoms with van der Waals surface area (Å²) < 4.78 is 26.5. The van der Waals surface area contributed by atoms with Crippen LogP contribution in [0.2, 0.25) is 0 Å². The van der Waals surface area contributed by atoms with Crippen LogP contribution < -0.4 is 0 Å². The zero-order chi connectivity index (χ0) is 10.8. The van der Waals surface area contributed by atoms with Crippen molar-refractivity contribution in [3.63, 3.8) is 0 Å². The average molecular weight is 209 g/mol. The van der Waals surface area contributed by atoms with Crippen molar-refractivity contribution >= 4 is 0 Å². The molecule has 81 valence electrons. The van der Waals surface area contributed by atoms with E-state index in [0.29, 0.717) is 11.5 Å². The molecule has 0 heterocycles. The normalized spacial score (nSPS) is 26.6. The maximum absolute atomic E-state index is 13.5. The van der Waals surface area contributed by atoms with Crippen molar-refractivity contribution in [1.82, 2.24) is 0 Å². The smallest absolute Gasteiger partial charge is 0.162 e. The van der Waals surface area contributed by atoms with Gasteiger partial charge in [0.15, 0.2) is 11.6 Å². The fourth-order valence-electron chi connectivity index (χ4n) is 2.31. The lowest BCUT2D eigenvalue weighted by Gasteiger charge is -2.26. The molecule has 1 saturated carbocycles. The lowest BCUT2D eigenvalue weighted by atomic mass is 9.79. The standard InChI is InChI=1S/C13H15F2/c1-9-5-7-10(8-6-9)11-3-2-4-12(14)13(11)15/h2-4,9-10H,1,5-8H2. The summed E-state index contributed by atoms with van der Waals surface area (Å²) in [5.74, 6) is -0.731. The minimum atomic E-state index is -0.732. The predicted octanol–water partition coefficient (Wildman–Crippen LogP) is 4.07. The van der Waals surface area contributed by atoms with E-state index in [4.69, 9.17) is 0 Å². The molecule has 1 aliphatic rings. The molecule has 2 heteroatoms. The van der Waals surface area contributed by atoms with E-state index in [-0.39, 0.29) is 5.92 Å². The van der Waals surface area contributed by atoms with Gasteiger partial charge in [0, 0.05) is 0 Å². The summed E-state index contributed by atoms with van der Waals surface area (Å²) in [5, 5.41) is 0. The van der Waals surface area contributed by atoms with Gasteiger partial charge in [-0.25, -0.2) is 8.78 Å². The van der Waals surface area contributed by atoms with E-state index in [2.05, 4.69) is 6.92 Å². The highest BCUT2D eigenvalue weighted by Gasteiger charge is 2.23. The highest BCUT2D eigenvalue weighted by atomic mass is 19.2. The van der Waals surface area contributed by atoms with Crippen LogP contribution in [0.5, 0.6) is 0 Å². The molecule has 1 aromatic carbocycles. The van der Waals surface area contributed by atoms with E-state index in [1.54, 1.807) is 12.1 Å². The molecule has 1 radical (unpaired) electrons. The van der Waals surface area contributed by atoms with Crippen molar-refractivity contribution < 1.29 is 8.78 Å². The van der Waals surface area contributed by atoms with Crippen molar-refractivity contribution in [1.29, 1.82) is 0 Å². The Morgan fingerprint density at radius 1 is 1.07 bits per heavy atom. The molecule has 0 nitrogen and oxygen atoms in total. The molecule has 0 saturated heterocycles. The van der Waals surface area contributed by atoms with E-state index in [0.717, 1.165) is 25.7 Å². The maximum Gasteiger partial charge on any atom is 0.162 e. The second-order valence-electron chi connectivity index (χ2n) is 4.36. The third kappa shape index (κ3) is 2.19. The van der Waals surface area contributed by atoms with Crippen LogP contribution in [-0.4, -0.2) is 0 Å². The lowest BCUT2D eigenvalue weighted by Crippen LogP contribution is -2.12. The van der Waals surface area contributed by atoms with Crippen LogP contribution in [0.4, 0.5) is 8.78 Å². The quantitative estimate of drug-likeness (QED) is 0.654. The minimum Gasteiger partial charge on any atom is -0.204 e. The molecule has 15 heavy (non-hydrogen) atoms. The van der Waals surface area contributed by atoms with E-state index in [9.17, 15) is 8.78 Å². The van der Waals surface area contributed by atoms with Crippen molar-refractivity contribution in [2.75, 3.05) is 0 Å². The first-order valence-corrected chi connectivity index (χ1v) is 5.45. The molecule has 0 bridgehead atoms. The van der Waals surface area contributed by atoms with Crippen molar-refractivity contribution in [2.24, 2.45) is 5.92 Å². The molecular formula is C13H15F2. The number of hydrogen-bond donors (Lipinski definition) is 0. The van der Waals surface area contributed by atoms with Gasteiger partial charge < -0.3 is 0 Å². The molecule has 1 aromatic rings. The third-order valence-electron chi connectivity index (χ3n) is 3.27. The minimum absolute atomic E-state index is 0.179. The topological polar surface area (TPSA) is 0 Å². The van der Waals surface area contributed by atoms with Crippen LogP contribution >= 0.6 is 0 Å². The van der Waals surface area contributed by atoms with Gasteiger partial charge in [0.2, 0.25) is 0 Å². The molecule has 0 N–H and O–H groups in total. The summed E-state index contributed by atoms with van der Waals surface area (Å²) in [4.78, 5) is 0. The van der Waals surface area contributed by atoms with Crippen LogP contribution in [0.15, 0.2) is 18.2 Å². The van der Waals surface area contributed by atoms with Crippen LogP contribution in [0.25, 0.3) is 0 Å². The number of rotatable bonds is 1. The zero-order valence-electron chi connectivity index (χ0n) is 8.68. The number of halogens is 2. The summed E-state index contributed by atoms with van der Waals surface area (Å²) >= 11 is 0. The van der Waals surface area contributed by atoms with Crippen LogP contribution in [0, 0.1) is 24.5 Å². The average Bonchev–Trinajstić information content (AvgIpc) is 2.24. The van der Waals surface area contributed by atoms with E-state index < -0.39 is 11.6 Å². The Hall–Kier alpha value is -0.920. The van der Waals surface area contributed by atoms with Gasteiger partial charge in [-0.3, -0.25) is 0 Å². The monoisotopic (exact) mass is 209 g/mol. The molecule has 0 atom stereocenters. The summed E-state index contributed by atoms with van der Waals surface area (Å²) in [6, 6.07) is 4.46.